The number of carbonyl (C=O) groups excluding carboxylic acids is 1. The third-order valence-corrected chi connectivity index (χ3v) is 2.59. The largest absolute Gasteiger partial charge is 0.481 e. The Kier molecular flexibility index (Phi) is 4.29. The van der Waals surface area contributed by atoms with Crippen molar-refractivity contribution in [1.82, 2.24) is 0 Å². The first-order valence-corrected chi connectivity index (χ1v) is 5.38. The topological polar surface area (TPSA) is 54.4 Å². The van der Waals surface area contributed by atoms with E-state index in [1.54, 1.807) is 18.2 Å². The maximum Gasteiger partial charge on any atom is 0.303 e. The van der Waals surface area contributed by atoms with Gasteiger partial charge in [0.15, 0.2) is 0 Å². The van der Waals surface area contributed by atoms with Gasteiger partial charge in [-0.25, -0.2) is 0 Å². The molecule has 0 fully saturated rings. The van der Waals surface area contributed by atoms with Crippen molar-refractivity contribution in [3.8, 4) is 0 Å². The van der Waals surface area contributed by atoms with Crippen LogP contribution in [-0.2, 0) is 11.2 Å². The molecule has 80 valence electrons. The molecule has 0 spiro atoms. The number of aliphatic carboxylic acids is 1. The summed E-state index contributed by atoms with van der Waals surface area (Å²) >= 11 is 8.61. The SMILES string of the molecule is O=C(O)CCc1ccc(Br)cc1C(=O)Cl. The van der Waals surface area contributed by atoms with Gasteiger partial charge in [-0.2, -0.15) is 0 Å². The molecule has 0 aliphatic rings. The number of carboxylic acids is 1. The van der Waals surface area contributed by atoms with E-state index >= 15 is 0 Å². The van der Waals surface area contributed by atoms with Gasteiger partial charge in [0.05, 0.1) is 0 Å². The van der Waals surface area contributed by atoms with Crippen LogP contribution in [0.15, 0.2) is 22.7 Å². The average Bonchev–Trinajstić information content (AvgIpc) is 2.15. The van der Waals surface area contributed by atoms with Gasteiger partial charge in [0, 0.05) is 16.5 Å². The van der Waals surface area contributed by atoms with Crippen LogP contribution < -0.4 is 0 Å². The molecule has 0 bridgehead atoms. The maximum atomic E-state index is 11.1. The van der Waals surface area contributed by atoms with Crippen LogP contribution in [0.4, 0.5) is 0 Å². The van der Waals surface area contributed by atoms with E-state index in [0.29, 0.717) is 17.5 Å². The van der Waals surface area contributed by atoms with Crippen LogP contribution in [0.25, 0.3) is 0 Å². The molecule has 1 aromatic rings. The second-order valence-corrected chi connectivity index (χ2v) is 4.23. The molecule has 0 heterocycles. The van der Waals surface area contributed by atoms with Gasteiger partial charge in [-0.1, -0.05) is 22.0 Å². The first kappa shape index (κ1) is 12.2. The molecule has 0 saturated carbocycles. The van der Waals surface area contributed by atoms with Crippen LogP contribution in [0, 0.1) is 0 Å². The molecule has 0 amide bonds. The number of rotatable bonds is 4. The Morgan fingerprint density at radius 1 is 1.40 bits per heavy atom. The van der Waals surface area contributed by atoms with Crippen LogP contribution in [0.5, 0.6) is 0 Å². The molecule has 0 atom stereocenters. The fourth-order valence-corrected chi connectivity index (χ4v) is 1.73. The van der Waals surface area contributed by atoms with Gasteiger partial charge in [0.2, 0.25) is 0 Å². The lowest BCUT2D eigenvalue weighted by Gasteiger charge is -2.04. The molecule has 1 aromatic carbocycles. The van der Waals surface area contributed by atoms with Crippen LogP contribution in [0.1, 0.15) is 22.3 Å². The normalized spacial score (nSPS) is 10.0. The Hall–Kier alpha value is -0.870. The molecule has 15 heavy (non-hydrogen) atoms. The van der Waals surface area contributed by atoms with Gasteiger partial charge in [0.1, 0.15) is 0 Å². The number of carbonyl (C=O) groups is 2. The van der Waals surface area contributed by atoms with Crippen molar-refractivity contribution < 1.29 is 14.7 Å². The lowest BCUT2D eigenvalue weighted by molar-refractivity contribution is -0.136. The molecule has 1 N–H and O–H groups in total. The summed E-state index contributed by atoms with van der Waals surface area (Å²) in [7, 11) is 0. The fraction of sp³-hybridized carbons (Fsp3) is 0.200. The van der Waals surface area contributed by atoms with Crippen molar-refractivity contribution in [3.05, 3.63) is 33.8 Å². The van der Waals surface area contributed by atoms with Crippen molar-refractivity contribution in [3.63, 3.8) is 0 Å². The van der Waals surface area contributed by atoms with E-state index in [2.05, 4.69) is 15.9 Å². The Morgan fingerprint density at radius 2 is 2.07 bits per heavy atom. The number of benzene rings is 1. The summed E-state index contributed by atoms with van der Waals surface area (Å²) in [6.45, 7) is 0. The number of halogens is 2. The number of hydrogen-bond donors (Lipinski definition) is 1. The first-order valence-electron chi connectivity index (χ1n) is 4.20. The van der Waals surface area contributed by atoms with Crippen LogP contribution >= 0.6 is 27.5 Å². The molecule has 0 aromatic heterocycles. The summed E-state index contributed by atoms with van der Waals surface area (Å²) in [5.41, 5.74) is 1.01. The average molecular weight is 292 g/mol. The zero-order valence-corrected chi connectivity index (χ0v) is 10.0. The van der Waals surface area contributed by atoms with Crippen LogP contribution in [0.2, 0.25) is 0 Å². The van der Waals surface area contributed by atoms with E-state index in [-0.39, 0.29) is 6.42 Å². The van der Waals surface area contributed by atoms with E-state index in [1.165, 1.54) is 0 Å². The molecule has 0 aliphatic carbocycles. The number of carboxylic acid groups (broad SMARTS) is 1. The van der Waals surface area contributed by atoms with Crippen LogP contribution in [0.3, 0.4) is 0 Å². The van der Waals surface area contributed by atoms with E-state index in [9.17, 15) is 9.59 Å². The smallest absolute Gasteiger partial charge is 0.303 e. The van der Waals surface area contributed by atoms with E-state index < -0.39 is 11.2 Å². The minimum atomic E-state index is -0.897. The Morgan fingerprint density at radius 3 is 2.60 bits per heavy atom. The predicted molar refractivity (Wildman–Crippen MR) is 60.3 cm³/mol. The molecule has 0 unspecified atom stereocenters. The van der Waals surface area contributed by atoms with E-state index in [0.717, 1.165) is 4.47 Å². The fourth-order valence-electron chi connectivity index (χ4n) is 1.19. The lowest BCUT2D eigenvalue weighted by atomic mass is 10.0. The van der Waals surface area contributed by atoms with Gasteiger partial charge in [-0.3, -0.25) is 9.59 Å². The Balaban J connectivity index is 2.95. The quantitative estimate of drug-likeness (QED) is 0.868. The molecule has 0 radical (unpaired) electrons. The Bertz CT molecular complexity index is 404. The highest BCUT2D eigenvalue weighted by molar-refractivity contribution is 9.10. The lowest BCUT2D eigenvalue weighted by Crippen LogP contribution is -2.02. The zero-order chi connectivity index (χ0) is 11.4. The van der Waals surface area contributed by atoms with Crippen LogP contribution in [-0.4, -0.2) is 16.3 Å². The zero-order valence-electron chi connectivity index (χ0n) is 7.67. The molecule has 0 saturated heterocycles. The van der Waals surface area contributed by atoms with E-state index in [4.69, 9.17) is 16.7 Å². The van der Waals surface area contributed by atoms with Gasteiger partial charge in [-0.05, 0) is 35.7 Å². The second-order valence-electron chi connectivity index (χ2n) is 2.97. The molecule has 5 heteroatoms. The maximum absolute atomic E-state index is 11.1. The highest BCUT2D eigenvalue weighted by Gasteiger charge is 2.10. The van der Waals surface area contributed by atoms with Crippen molar-refractivity contribution in [2.75, 3.05) is 0 Å². The minimum Gasteiger partial charge on any atom is -0.481 e. The van der Waals surface area contributed by atoms with Crippen molar-refractivity contribution >= 4 is 38.7 Å². The Labute approximate surface area is 100 Å². The van der Waals surface area contributed by atoms with Crippen molar-refractivity contribution in [2.45, 2.75) is 12.8 Å². The van der Waals surface area contributed by atoms with E-state index in [1.807, 2.05) is 0 Å². The standard InChI is InChI=1S/C10H8BrClO3/c11-7-3-1-6(2-4-9(13)14)8(5-7)10(12)15/h1,3,5H,2,4H2,(H,13,14). The molecule has 0 aliphatic heterocycles. The molecular weight excluding hydrogens is 283 g/mol. The third-order valence-electron chi connectivity index (χ3n) is 1.89. The summed E-state index contributed by atoms with van der Waals surface area (Å²) in [6, 6.07) is 5.04. The minimum absolute atomic E-state index is 0.0151. The van der Waals surface area contributed by atoms with Gasteiger partial charge in [-0.15, -0.1) is 0 Å². The van der Waals surface area contributed by atoms with Gasteiger partial charge in [0.25, 0.3) is 5.24 Å². The molecule has 1 rings (SSSR count). The first-order chi connectivity index (χ1) is 7.00. The summed E-state index contributed by atoms with van der Waals surface area (Å²) in [5, 5.41) is 7.96. The van der Waals surface area contributed by atoms with Gasteiger partial charge >= 0.3 is 5.97 Å². The molecule has 3 nitrogen and oxygen atoms in total. The number of aryl methyl sites for hydroxylation is 1. The summed E-state index contributed by atoms with van der Waals surface area (Å²) in [6.07, 6.45) is 0.287. The highest BCUT2D eigenvalue weighted by atomic mass is 79.9. The van der Waals surface area contributed by atoms with Crippen molar-refractivity contribution in [1.29, 1.82) is 0 Å². The third kappa shape index (κ3) is 3.64. The summed E-state index contributed by atoms with van der Waals surface area (Å²) in [5.74, 6) is -0.897. The summed E-state index contributed by atoms with van der Waals surface area (Å²) < 4.78 is 0.741. The summed E-state index contributed by atoms with van der Waals surface area (Å²) in [4.78, 5) is 21.5. The highest BCUT2D eigenvalue weighted by Crippen LogP contribution is 2.19. The number of hydrogen-bond acceptors (Lipinski definition) is 2. The molecular formula is C10H8BrClO3. The van der Waals surface area contributed by atoms with Gasteiger partial charge < -0.3 is 5.11 Å². The predicted octanol–water partition coefficient (Wildman–Crippen LogP) is 2.85. The second kappa shape index (κ2) is 5.28. The monoisotopic (exact) mass is 290 g/mol. The van der Waals surface area contributed by atoms with Crippen molar-refractivity contribution in [2.24, 2.45) is 0 Å².